The van der Waals surface area contributed by atoms with Gasteiger partial charge in [0.2, 0.25) is 0 Å². The van der Waals surface area contributed by atoms with E-state index >= 15 is 0 Å². The van der Waals surface area contributed by atoms with Gasteiger partial charge < -0.3 is 5.11 Å². The molecule has 1 aromatic rings. The highest BCUT2D eigenvalue weighted by Gasteiger charge is 2.30. The van der Waals surface area contributed by atoms with Gasteiger partial charge in [-0.2, -0.15) is 0 Å². The van der Waals surface area contributed by atoms with Gasteiger partial charge in [-0.3, -0.25) is 4.79 Å². The largest absolute Gasteiger partial charge is 0.480 e. The maximum atomic E-state index is 11.2. The van der Waals surface area contributed by atoms with Crippen molar-refractivity contribution in [2.75, 3.05) is 0 Å². The first kappa shape index (κ1) is 18.1. The SMILES string of the molecule is CCC(SC1=NN=C(Br)C(c2cc(C)c(C3CC3)s2)CC1)C(=O)O. The molecule has 2 heterocycles. The number of aryl methyl sites for hydroxylation is 1. The lowest BCUT2D eigenvalue weighted by Crippen LogP contribution is -2.17. The van der Waals surface area contributed by atoms with E-state index in [1.54, 1.807) is 0 Å². The fraction of sp³-hybridized carbons (Fsp3) is 0.588. The molecule has 0 radical (unpaired) electrons. The molecule has 3 rings (SSSR count). The second-order valence-electron chi connectivity index (χ2n) is 6.33. The number of thioether (sulfide) groups is 1. The minimum atomic E-state index is -0.781. The van der Waals surface area contributed by atoms with Crippen LogP contribution in [0.15, 0.2) is 16.3 Å². The molecule has 24 heavy (non-hydrogen) atoms. The van der Waals surface area contributed by atoms with Crippen molar-refractivity contribution in [3.05, 3.63) is 21.4 Å². The molecular formula is C17H21BrN2O2S2. The Kier molecular flexibility index (Phi) is 5.82. The molecule has 0 aromatic carbocycles. The minimum absolute atomic E-state index is 0.230. The van der Waals surface area contributed by atoms with Crippen LogP contribution in [-0.2, 0) is 4.79 Å². The Hall–Kier alpha value is -0.660. The van der Waals surface area contributed by atoms with Crippen molar-refractivity contribution in [2.45, 2.75) is 63.0 Å². The van der Waals surface area contributed by atoms with Crippen LogP contribution >= 0.6 is 39.0 Å². The fourth-order valence-corrected chi connectivity index (χ4v) is 5.98. The first-order valence-corrected chi connectivity index (χ1v) is 10.8. The van der Waals surface area contributed by atoms with E-state index in [0.717, 1.165) is 28.4 Å². The number of carboxylic acid groups (broad SMARTS) is 1. The third kappa shape index (κ3) is 4.11. The molecule has 130 valence electrons. The third-order valence-electron chi connectivity index (χ3n) is 4.38. The highest BCUT2D eigenvalue weighted by Crippen LogP contribution is 2.47. The predicted octanol–water partition coefficient (Wildman–Crippen LogP) is 5.51. The molecule has 1 aliphatic carbocycles. The standard InChI is InChI=1S/C17H21BrN2O2S2/c1-3-12(17(21)22)23-14-7-6-11(16(18)20-19-14)13-8-9(2)15(24-13)10-4-5-10/h8,10-12H,3-7H2,1-2H3,(H,21,22). The van der Waals surface area contributed by atoms with Crippen LogP contribution in [0, 0.1) is 6.92 Å². The number of hydrogen-bond acceptors (Lipinski definition) is 5. The molecular weight excluding hydrogens is 408 g/mol. The normalized spacial score (nSPS) is 22.5. The van der Waals surface area contributed by atoms with Crippen molar-refractivity contribution >= 4 is 54.7 Å². The van der Waals surface area contributed by atoms with Crippen LogP contribution in [0.25, 0.3) is 0 Å². The van der Waals surface area contributed by atoms with Crippen LogP contribution in [0.4, 0.5) is 0 Å². The average molecular weight is 429 g/mol. The number of carboxylic acids is 1. The monoisotopic (exact) mass is 428 g/mol. The van der Waals surface area contributed by atoms with Gasteiger partial charge in [-0.15, -0.1) is 21.5 Å². The Morgan fingerprint density at radius 2 is 2.21 bits per heavy atom. The summed E-state index contributed by atoms with van der Waals surface area (Å²) >= 11 is 6.84. The molecule has 2 aliphatic rings. The van der Waals surface area contributed by atoms with Crippen molar-refractivity contribution < 1.29 is 9.90 Å². The molecule has 1 saturated carbocycles. The van der Waals surface area contributed by atoms with E-state index in [0.29, 0.717) is 6.42 Å². The van der Waals surface area contributed by atoms with Gasteiger partial charge in [0.1, 0.15) is 9.87 Å². The lowest BCUT2D eigenvalue weighted by molar-refractivity contribution is -0.136. The molecule has 1 N–H and O–H groups in total. The van der Waals surface area contributed by atoms with Gasteiger partial charge in [0.25, 0.3) is 0 Å². The number of hydrogen-bond donors (Lipinski definition) is 1. The van der Waals surface area contributed by atoms with Gasteiger partial charge in [-0.1, -0.05) is 18.7 Å². The van der Waals surface area contributed by atoms with Crippen LogP contribution in [-0.4, -0.2) is 26.0 Å². The highest BCUT2D eigenvalue weighted by atomic mass is 79.9. The summed E-state index contributed by atoms with van der Waals surface area (Å²) in [5.74, 6) is 0.221. The lowest BCUT2D eigenvalue weighted by atomic mass is 10.0. The molecule has 4 nitrogen and oxygen atoms in total. The summed E-state index contributed by atoms with van der Waals surface area (Å²) in [6.45, 7) is 4.09. The zero-order chi connectivity index (χ0) is 17.3. The van der Waals surface area contributed by atoms with Crippen molar-refractivity contribution in [1.82, 2.24) is 0 Å². The summed E-state index contributed by atoms with van der Waals surface area (Å²) in [6, 6.07) is 2.30. The zero-order valence-corrected chi connectivity index (χ0v) is 17.0. The molecule has 1 aromatic heterocycles. The summed E-state index contributed by atoms with van der Waals surface area (Å²) in [7, 11) is 0. The molecule has 0 spiro atoms. The van der Waals surface area contributed by atoms with E-state index in [4.69, 9.17) is 0 Å². The quantitative estimate of drug-likeness (QED) is 0.671. The first-order valence-electron chi connectivity index (χ1n) is 8.29. The lowest BCUT2D eigenvalue weighted by Gasteiger charge is -2.12. The summed E-state index contributed by atoms with van der Waals surface area (Å²) < 4.78 is 0.852. The Balaban J connectivity index is 1.71. The summed E-state index contributed by atoms with van der Waals surface area (Å²) in [5, 5.41) is 18.2. The maximum absolute atomic E-state index is 11.2. The molecule has 2 atom stereocenters. The molecule has 1 aliphatic heterocycles. The van der Waals surface area contributed by atoms with Crippen molar-refractivity contribution in [3.63, 3.8) is 0 Å². The number of rotatable bonds is 5. The summed E-state index contributed by atoms with van der Waals surface area (Å²) in [6.07, 6.45) is 4.90. The van der Waals surface area contributed by atoms with Gasteiger partial charge in [-0.25, -0.2) is 0 Å². The van der Waals surface area contributed by atoms with E-state index in [9.17, 15) is 9.90 Å². The number of nitrogens with zero attached hydrogens (tertiary/aromatic N) is 2. The Bertz CT molecular complexity index is 695. The van der Waals surface area contributed by atoms with Crippen LogP contribution in [0.2, 0.25) is 0 Å². The molecule has 0 bridgehead atoms. The van der Waals surface area contributed by atoms with E-state index in [2.05, 4.69) is 39.1 Å². The molecule has 7 heteroatoms. The van der Waals surface area contributed by atoms with Gasteiger partial charge in [0.15, 0.2) is 0 Å². The van der Waals surface area contributed by atoms with Crippen molar-refractivity contribution in [2.24, 2.45) is 10.2 Å². The predicted molar refractivity (Wildman–Crippen MR) is 106 cm³/mol. The summed E-state index contributed by atoms with van der Waals surface area (Å²) in [5.41, 5.74) is 1.40. The van der Waals surface area contributed by atoms with Crippen molar-refractivity contribution in [3.8, 4) is 0 Å². The Morgan fingerprint density at radius 3 is 2.83 bits per heavy atom. The number of carbonyl (C=O) groups is 1. The van der Waals surface area contributed by atoms with Crippen LogP contribution in [0.5, 0.6) is 0 Å². The van der Waals surface area contributed by atoms with E-state index < -0.39 is 11.2 Å². The molecule has 2 unspecified atom stereocenters. The van der Waals surface area contributed by atoms with E-state index in [1.807, 2.05) is 18.3 Å². The number of aliphatic carboxylic acids is 1. The number of thiophene rings is 1. The van der Waals surface area contributed by atoms with Crippen LogP contribution < -0.4 is 0 Å². The van der Waals surface area contributed by atoms with Crippen LogP contribution in [0.1, 0.15) is 66.2 Å². The highest BCUT2D eigenvalue weighted by molar-refractivity contribution is 9.18. The van der Waals surface area contributed by atoms with Crippen LogP contribution in [0.3, 0.4) is 0 Å². The minimum Gasteiger partial charge on any atom is -0.480 e. The van der Waals surface area contributed by atoms with Gasteiger partial charge in [-0.05, 0) is 72.5 Å². The number of halogens is 1. The van der Waals surface area contributed by atoms with Gasteiger partial charge in [0, 0.05) is 15.7 Å². The second-order valence-corrected chi connectivity index (χ2v) is 9.53. The van der Waals surface area contributed by atoms with E-state index in [-0.39, 0.29) is 5.92 Å². The Morgan fingerprint density at radius 1 is 1.46 bits per heavy atom. The maximum Gasteiger partial charge on any atom is 0.317 e. The van der Waals surface area contributed by atoms with Crippen molar-refractivity contribution in [1.29, 1.82) is 0 Å². The fourth-order valence-electron chi connectivity index (χ4n) is 2.87. The second kappa shape index (κ2) is 7.70. The van der Waals surface area contributed by atoms with Gasteiger partial charge >= 0.3 is 5.97 Å². The van der Waals surface area contributed by atoms with E-state index in [1.165, 1.54) is 39.9 Å². The van der Waals surface area contributed by atoms with Gasteiger partial charge in [0.05, 0.1) is 5.04 Å². The average Bonchev–Trinajstić information content (AvgIpc) is 3.33. The Labute approximate surface area is 159 Å². The third-order valence-corrected chi connectivity index (χ3v) is 7.98. The molecule has 1 fully saturated rings. The zero-order valence-electron chi connectivity index (χ0n) is 13.8. The first-order chi connectivity index (χ1) is 11.5. The smallest absolute Gasteiger partial charge is 0.317 e. The topological polar surface area (TPSA) is 62.0 Å². The molecule has 0 amide bonds. The summed E-state index contributed by atoms with van der Waals surface area (Å²) in [4.78, 5) is 14.1. The molecule has 0 saturated heterocycles.